The van der Waals surface area contributed by atoms with Crippen LogP contribution in [0.3, 0.4) is 0 Å². The van der Waals surface area contributed by atoms with Crippen molar-refractivity contribution in [2.45, 2.75) is 38.3 Å². The van der Waals surface area contributed by atoms with E-state index in [4.69, 9.17) is 0 Å². The van der Waals surface area contributed by atoms with Crippen LogP contribution in [0.1, 0.15) is 52.5 Å². The number of rotatable bonds is 3. The van der Waals surface area contributed by atoms with E-state index in [1.807, 2.05) is 18.2 Å². The van der Waals surface area contributed by atoms with Crippen LogP contribution in [-0.2, 0) is 17.8 Å². The first-order valence-electron chi connectivity index (χ1n) is 10.1. The number of carbonyl (C=O) groups is 2. The first-order chi connectivity index (χ1) is 14.1. The monoisotopic (exact) mass is 393 g/mol. The summed E-state index contributed by atoms with van der Waals surface area (Å²) in [7, 11) is 0. The third-order valence-corrected chi connectivity index (χ3v) is 6.08. The highest BCUT2D eigenvalue weighted by atomic mass is 16.2. The molecule has 0 aliphatic carbocycles. The predicted molar refractivity (Wildman–Crippen MR) is 107 cm³/mol. The molecule has 0 unspecified atom stereocenters. The second-order valence-corrected chi connectivity index (χ2v) is 7.89. The molecular weight excluding hydrogens is 370 g/mol. The highest BCUT2D eigenvalue weighted by molar-refractivity contribution is 5.99. The molecule has 8 heteroatoms. The SMILES string of the molecule is O=C1N[C@@H](CC(=O)N2CCc3c(nc(N4CCCC4)[nH]c3=O)C2)c2ccccc21. The van der Waals surface area contributed by atoms with Crippen LogP contribution in [0.5, 0.6) is 0 Å². The molecular formula is C21H23N5O3. The van der Waals surface area contributed by atoms with Crippen molar-refractivity contribution in [1.29, 1.82) is 0 Å². The fourth-order valence-corrected chi connectivity index (χ4v) is 4.50. The lowest BCUT2D eigenvalue weighted by Gasteiger charge is -2.29. The van der Waals surface area contributed by atoms with Gasteiger partial charge in [-0.2, -0.15) is 0 Å². The molecule has 29 heavy (non-hydrogen) atoms. The second kappa shape index (κ2) is 7.02. The Morgan fingerprint density at radius 1 is 1.14 bits per heavy atom. The molecule has 2 aromatic rings. The third kappa shape index (κ3) is 3.18. The lowest BCUT2D eigenvalue weighted by Crippen LogP contribution is -2.41. The van der Waals surface area contributed by atoms with Crippen molar-refractivity contribution in [2.24, 2.45) is 0 Å². The van der Waals surface area contributed by atoms with E-state index in [-0.39, 0.29) is 29.8 Å². The van der Waals surface area contributed by atoms with Crippen molar-refractivity contribution < 1.29 is 9.59 Å². The van der Waals surface area contributed by atoms with Gasteiger partial charge in [-0.25, -0.2) is 4.98 Å². The Morgan fingerprint density at radius 2 is 1.93 bits per heavy atom. The minimum absolute atomic E-state index is 0.0394. The number of nitrogens with zero attached hydrogens (tertiary/aromatic N) is 3. The number of nitrogens with one attached hydrogen (secondary N) is 2. The van der Waals surface area contributed by atoms with E-state index in [1.54, 1.807) is 11.0 Å². The molecule has 1 saturated heterocycles. The number of hydrogen-bond acceptors (Lipinski definition) is 5. The highest BCUT2D eigenvalue weighted by Gasteiger charge is 2.32. The number of benzene rings is 1. The fraction of sp³-hybridized carbons (Fsp3) is 0.429. The topological polar surface area (TPSA) is 98.4 Å². The summed E-state index contributed by atoms with van der Waals surface area (Å²) >= 11 is 0. The van der Waals surface area contributed by atoms with Gasteiger partial charge in [-0.15, -0.1) is 0 Å². The maximum absolute atomic E-state index is 13.0. The first-order valence-corrected chi connectivity index (χ1v) is 10.1. The van der Waals surface area contributed by atoms with Gasteiger partial charge in [-0.05, 0) is 30.9 Å². The van der Waals surface area contributed by atoms with E-state index in [1.165, 1.54) is 0 Å². The molecule has 2 amide bonds. The van der Waals surface area contributed by atoms with E-state index in [2.05, 4.69) is 20.2 Å². The van der Waals surface area contributed by atoms with Gasteiger partial charge < -0.3 is 15.1 Å². The summed E-state index contributed by atoms with van der Waals surface area (Å²) in [5.41, 5.74) is 2.77. The van der Waals surface area contributed by atoms with Crippen molar-refractivity contribution in [3.05, 3.63) is 57.0 Å². The number of carbonyl (C=O) groups excluding carboxylic acids is 2. The van der Waals surface area contributed by atoms with Crippen LogP contribution in [0.15, 0.2) is 29.1 Å². The second-order valence-electron chi connectivity index (χ2n) is 7.89. The van der Waals surface area contributed by atoms with E-state index in [0.29, 0.717) is 42.3 Å². The molecule has 5 rings (SSSR count). The van der Waals surface area contributed by atoms with Gasteiger partial charge in [-0.1, -0.05) is 18.2 Å². The van der Waals surface area contributed by atoms with Crippen LogP contribution in [-0.4, -0.2) is 46.3 Å². The van der Waals surface area contributed by atoms with Crippen molar-refractivity contribution in [3.8, 4) is 0 Å². The number of aromatic amines is 1. The molecule has 4 heterocycles. The quantitative estimate of drug-likeness (QED) is 0.815. The lowest BCUT2D eigenvalue weighted by molar-refractivity contribution is -0.132. The number of anilines is 1. The average molecular weight is 393 g/mol. The van der Waals surface area contributed by atoms with Crippen molar-refractivity contribution in [3.63, 3.8) is 0 Å². The summed E-state index contributed by atoms with van der Waals surface area (Å²) in [6.45, 7) is 2.61. The summed E-state index contributed by atoms with van der Waals surface area (Å²) < 4.78 is 0. The van der Waals surface area contributed by atoms with Gasteiger partial charge >= 0.3 is 0 Å². The zero-order valence-corrected chi connectivity index (χ0v) is 16.1. The number of fused-ring (bicyclic) bond motifs is 2. The standard InChI is InChI=1S/C21H23N5O3/c27-18(11-16-13-5-1-2-6-14(13)19(28)22-16)26-10-7-15-17(12-26)23-21(24-20(15)29)25-8-3-4-9-25/h1-2,5-6,16H,3-4,7-12H2,(H,22,28)(H,23,24,29)/t16-/m0/s1. The molecule has 0 spiro atoms. The van der Waals surface area contributed by atoms with Crippen molar-refractivity contribution >= 4 is 17.8 Å². The minimum Gasteiger partial charge on any atom is -0.345 e. The first kappa shape index (κ1) is 17.9. The van der Waals surface area contributed by atoms with Gasteiger partial charge in [0, 0.05) is 30.8 Å². The number of H-pyrrole nitrogens is 1. The summed E-state index contributed by atoms with van der Waals surface area (Å²) in [5.74, 6) is 0.436. The van der Waals surface area contributed by atoms with Crippen molar-refractivity contribution in [1.82, 2.24) is 20.2 Å². The van der Waals surface area contributed by atoms with Crippen LogP contribution < -0.4 is 15.8 Å². The molecule has 0 bridgehead atoms. The Hall–Kier alpha value is -3.16. The number of hydrogen-bond donors (Lipinski definition) is 2. The largest absolute Gasteiger partial charge is 0.345 e. The summed E-state index contributed by atoms with van der Waals surface area (Å²) in [6.07, 6.45) is 2.90. The zero-order chi connectivity index (χ0) is 20.0. The number of aromatic nitrogens is 2. The average Bonchev–Trinajstić information content (AvgIpc) is 3.37. The molecule has 2 N–H and O–H groups in total. The summed E-state index contributed by atoms with van der Waals surface area (Å²) in [4.78, 5) is 49.0. The normalized spacial score (nSPS) is 20.4. The Kier molecular flexibility index (Phi) is 4.34. The Bertz CT molecular complexity index is 1040. The third-order valence-electron chi connectivity index (χ3n) is 6.08. The Morgan fingerprint density at radius 3 is 2.76 bits per heavy atom. The minimum atomic E-state index is -0.306. The van der Waals surface area contributed by atoms with Gasteiger partial charge in [0.25, 0.3) is 11.5 Å². The van der Waals surface area contributed by atoms with Gasteiger partial charge in [0.15, 0.2) is 0 Å². The van der Waals surface area contributed by atoms with Gasteiger partial charge in [0.05, 0.1) is 24.7 Å². The molecule has 3 aliphatic rings. The molecule has 3 aliphatic heterocycles. The highest BCUT2D eigenvalue weighted by Crippen LogP contribution is 2.29. The molecule has 8 nitrogen and oxygen atoms in total. The van der Waals surface area contributed by atoms with Gasteiger partial charge in [0.1, 0.15) is 0 Å². The van der Waals surface area contributed by atoms with Gasteiger partial charge in [-0.3, -0.25) is 19.4 Å². The van der Waals surface area contributed by atoms with E-state index in [9.17, 15) is 14.4 Å². The zero-order valence-electron chi connectivity index (χ0n) is 16.1. The molecule has 1 atom stereocenters. The molecule has 1 fully saturated rings. The van der Waals surface area contributed by atoms with Crippen LogP contribution >= 0.6 is 0 Å². The maximum atomic E-state index is 13.0. The molecule has 0 radical (unpaired) electrons. The van der Waals surface area contributed by atoms with Crippen molar-refractivity contribution in [2.75, 3.05) is 24.5 Å². The lowest BCUT2D eigenvalue weighted by atomic mass is 10.0. The molecule has 1 aromatic heterocycles. The predicted octanol–water partition coefficient (Wildman–Crippen LogP) is 1.13. The van der Waals surface area contributed by atoms with Crippen LogP contribution in [0, 0.1) is 0 Å². The van der Waals surface area contributed by atoms with E-state index >= 15 is 0 Å². The summed E-state index contributed by atoms with van der Waals surface area (Å²) in [5, 5.41) is 2.90. The molecule has 1 aromatic carbocycles. The fourth-order valence-electron chi connectivity index (χ4n) is 4.50. The smallest absolute Gasteiger partial charge is 0.255 e. The van der Waals surface area contributed by atoms with Crippen LogP contribution in [0.25, 0.3) is 0 Å². The Labute approximate surface area is 167 Å². The maximum Gasteiger partial charge on any atom is 0.255 e. The van der Waals surface area contributed by atoms with Crippen LogP contribution in [0.4, 0.5) is 5.95 Å². The van der Waals surface area contributed by atoms with Crippen LogP contribution in [0.2, 0.25) is 0 Å². The van der Waals surface area contributed by atoms with Gasteiger partial charge in [0.2, 0.25) is 11.9 Å². The number of amides is 2. The molecule has 0 saturated carbocycles. The van der Waals surface area contributed by atoms with E-state index in [0.717, 1.165) is 31.5 Å². The summed E-state index contributed by atoms with van der Waals surface area (Å²) in [6, 6.07) is 7.07. The Balaban J connectivity index is 1.33. The van der Waals surface area contributed by atoms with E-state index < -0.39 is 0 Å². The molecule has 150 valence electrons.